The predicted octanol–water partition coefficient (Wildman–Crippen LogP) is 1.43. The fourth-order valence-corrected chi connectivity index (χ4v) is 6.43. The third kappa shape index (κ3) is 10.8. The first-order chi connectivity index (χ1) is 23.0. The summed E-state index contributed by atoms with van der Waals surface area (Å²) < 4.78 is 31.2. The van der Waals surface area contributed by atoms with Crippen LogP contribution in [0.1, 0.15) is 78.9 Å². The number of hydrogen-bond acceptors (Lipinski definition) is 9. The number of nitrogens with zero attached hydrogens (tertiary/aromatic N) is 3. The highest BCUT2D eigenvalue weighted by atomic mass is 32.2. The van der Waals surface area contributed by atoms with E-state index in [1.807, 2.05) is 52.0 Å². The van der Waals surface area contributed by atoms with Crippen molar-refractivity contribution >= 4 is 41.1 Å². The Labute approximate surface area is 296 Å². The topological polar surface area (TPSA) is 198 Å². The number of rotatable bonds is 12. The number of carbonyl (C=O) groups excluding carboxylic acids is 4. The number of benzene rings is 1. The molecule has 1 fully saturated rings. The second kappa shape index (κ2) is 16.3. The molecule has 2 aliphatic rings. The molecule has 0 spiro atoms. The van der Waals surface area contributed by atoms with Crippen LogP contribution < -0.4 is 16.0 Å². The number of carbonyl (C=O) groups is 4. The Hall–Kier alpha value is -3.41. The maximum Gasteiger partial charge on any atom is 0.475 e. The first kappa shape index (κ1) is 41.0. The second-order valence-corrected chi connectivity index (χ2v) is 17.7. The Bertz CT molecular complexity index is 1470. The number of nitrogens with one attached hydrogen (secondary N) is 3. The normalized spacial score (nSPS) is 19.8. The predicted molar refractivity (Wildman–Crippen MR) is 189 cm³/mol. The molecule has 5 N–H and O–H groups in total. The lowest BCUT2D eigenvalue weighted by Gasteiger charge is -2.37. The van der Waals surface area contributed by atoms with E-state index in [2.05, 4.69) is 16.0 Å². The summed E-state index contributed by atoms with van der Waals surface area (Å²) in [4.78, 5) is 57.6. The fraction of sp³-hybridized carbons (Fsp3) is 0.697. The van der Waals surface area contributed by atoms with Gasteiger partial charge in [0.05, 0.1) is 18.7 Å². The number of ether oxygens (including phenoxy) is 1. The van der Waals surface area contributed by atoms with Gasteiger partial charge in [-0.05, 0) is 28.4 Å². The van der Waals surface area contributed by atoms with Gasteiger partial charge in [-0.1, -0.05) is 79.2 Å². The van der Waals surface area contributed by atoms with Crippen molar-refractivity contribution < 1.29 is 42.4 Å². The third-order valence-electron chi connectivity index (χ3n) is 9.25. The van der Waals surface area contributed by atoms with Crippen molar-refractivity contribution in [1.29, 1.82) is 0 Å². The molecule has 15 nitrogen and oxygen atoms in total. The first-order valence-corrected chi connectivity index (χ1v) is 18.8. The molecule has 2 heterocycles. The van der Waals surface area contributed by atoms with Crippen molar-refractivity contribution in [3.05, 3.63) is 35.4 Å². The average Bonchev–Trinajstić information content (AvgIpc) is 3.62. The summed E-state index contributed by atoms with van der Waals surface area (Å²) in [5, 5.41) is 28.0. The van der Waals surface area contributed by atoms with Crippen LogP contribution in [0, 0.1) is 10.8 Å². The number of fused-ring (bicyclic) bond motifs is 1. The van der Waals surface area contributed by atoms with Gasteiger partial charge in [0.25, 0.3) is 0 Å². The van der Waals surface area contributed by atoms with Crippen LogP contribution in [-0.2, 0) is 37.4 Å². The van der Waals surface area contributed by atoms with E-state index < -0.39 is 82.1 Å². The molecule has 0 saturated carbocycles. The van der Waals surface area contributed by atoms with E-state index in [4.69, 9.17) is 4.74 Å². The molecular formula is C33H55BN6O9S. The van der Waals surface area contributed by atoms with Gasteiger partial charge in [0.2, 0.25) is 21.8 Å². The van der Waals surface area contributed by atoms with Gasteiger partial charge in [-0.2, -0.15) is 0 Å². The van der Waals surface area contributed by atoms with Crippen molar-refractivity contribution in [2.45, 2.75) is 111 Å². The Morgan fingerprint density at radius 1 is 1.00 bits per heavy atom. The molecule has 17 heteroatoms. The molecule has 0 aliphatic carbocycles. The summed E-state index contributed by atoms with van der Waals surface area (Å²) in [5.74, 6) is -2.24. The van der Waals surface area contributed by atoms with Crippen LogP contribution in [-0.4, -0.2) is 120 Å². The van der Waals surface area contributed by atoms with Crippen LogP contribution in [0.15, 0.2) is 24.3 Å². The molecule has 1 saturated heterocycles. The molecule has 3 rings (SSSR count). The maximum atomic E-state index is 14.4. The molecule has 1 aromatic rings. The number of amides is 5. The van der Waals surface area contributed by atoms with Gasteiger partial charge in [0, 0.05) is 39.1 Å². The van der Waals surface area contributed by atoms with Crippen molar-refractivity contribution in [2.24, 2.45) is 10.8 Å². The number of hydrogen-bond donors (Lipinski definition) is 5. The summed E-state index contributed by atoms with van der Waals surface area (Å²) in [6.45, 7) is 13.2. The SMILES string of the molecule is CCC[C@H](NC(=O)[C@@H]1C[C@@H](OC(=O)N2Cc3ccccc3C2)CN1C(=O)[C@@H](NC(=O)N[C@H](CN(C)S(C)(=O)=O)C(C)(C)C)C(C)(C)C)B(O)O. The zero-order chi connectivity index (χ0) is 37.8. The summed E-state index contributed by atoms with van der Waals surface area (Å²) in [6.07, 6.45) is 0.400. The Morgan fingerprint density at radius 2 is 1.58 bits per heavy atom. The highest BCUT2D eigenvalue weighted by Crippen LogP contribution is 2.30. The fourth-order valence-electron chi connectivity index (χ4n) is 6.01. The van der Waals surface area contributed by atoms with E-state index in [1.54, 1.807) is 25.7 Å². The highest BCUT2D eigenvalue weighted by Gasteiger charge is 2.47. The standard InChI is InChI=1S/C33H55BN6O9S/c1-10-13-26(34(45)46)36-28(41)24-16-23(49-31(44)39-17-21-14-11-12-15-22(21)18-39)19-40(24)29(42)27(33(5,6)7)37-30(43)35-25(32(2,3)4)20-38(8)50(9,47)48/h11-12,14-15,23-27,45-46H,10,13,16-20H2,1-9H3,(H,36,41)(H2,35,37,43)/t23-,24+,25-,26+,27-/m1/s1. The average molecular weight is 723 g/mol. The quantitative estimate of drug-likeness (QED) is 0.198. The van der Waals surface area contributed by atoms with Gasteiger partial charge >= 0.3 is 19.2 Å². The lowest BCUT2D eigenvalue weighted by Crippen LogP contribution is -2.62. The molecule has 0 radical (unpaired) electrons. The zero-order valence-electron chi connectivity index (χ0n) is 30.7. The lowest BCUT2D eigenvalue weighted by molar-refractivity contribution is -0.142. The van der Waals surface area contributed by atoms with Crippen LogP contribution >= 0.6 is 0 Å². The Balaban J connectivity index is 1.85. The smallest absolute Gasteiger partial charge is 0.444 e. The molecule has 5 atom stereocenters. The summed E-state index contributed by atoms with van der Waals surface area (Å²) in [6, 6.07) is 4.01. The van der Waals surface area contributed by atoms with Crippen LogP contribution in [0.5, 0.6) is 0 Å². The van der Waals surface area contributed by atoms with E-state index in [1.165, 1.54) is 11.9 Å². The van der Waals surface area contributed by atoms with Crippen LogP contribution in [0.25, 0.3) is 0 Å². The van der Waals surface area contributed by atoms with E-state index in [9.17, 15) is 37.6 Å². The molecule has 2 aliphatic heterocycles. The van der Waals surface area contributed by atoms with Crippen molar-refractivity contribution in [2.75, 3.05) is 26.4 Å². The molecule has 1 aromatic carbocycles. The van der Waals surface area contributed by atoms with Gasteiger partial charge in [-0.25, -0.2) is 22.3 Å². The lowest BCUT2D eigenvalue weighted by atomic mass is 9.76. The molecule has 280 valence electrons. The minimum absolute atomic E-state index is 0.0109. The molecule has 0 bridgehead atoms. The summed E-state index contributed by atoms with van der Waals surface area (Å²) in [5.41, 5.74) is 0.584. The van der Waals surface area contributed by atoms with E-state index in [0.29, 0.717) is 19.5 Å². The number of likely N-dealkylation sites (tertiary alicyclic amines) is 1. The Kier molecular flexibility index (Phi) is 13.4. The van der Waals surface area contributed by atoms with Crippen molar-refractivity contribution in [3.8, 4) is 0 Å². The van der Waals surface area contributed by atoms with E-state index in [0.717, 1.165) is 21.7 Å². The number of urea groups is 1. The maximum absolute atomic E-state index is 14.4. The Morgan fingerprint density at radius 3 is 2.06 bits per heavy atom. The molecule has 50 heavy (non-hydrogen) atoms. The summed E-state index contributed by atoms with van der Waals surface area (Å²) in [7, 11) is -3.95. The zero-order valence-corrected chi connectivity index (χ0v) is 31.5. The van der Waals surface area contributed by atoms with Gasteiger partial charge in [0.1, 0.15) is 18.2 Å². The monoisotopic (exact) mass is 722 g/mol. The largest absolute Gasteiger partial charge is 0.475 e. The van der Waals surface area contributed by atoms with Gasteiger partial charge in [-0.15, -0.1) is 0 Å². The van der Waals surface area contributed by atoms with Crippen LogP contribution in [0.2, 0.25) is 0 Å². The molecule has 0 aromatic heterocycles. The number of likely N-dealkylation sites (N-methyl/N-ethyl adjacent to an activating group) is 1. The molecular weight excluding hydrogens is 667 g/mol. The first-order valence-electron chi connectivity index (χ1n) is 17.0. The van der Waals surface area contributed by atoms with E-state index >= 15 is 0 Å². The van der Waals surface area contributed by atoms with E-state index in [-0.39, 0.29) is 25.9 Å². The number of sulfonamides is 1. The van der Waals surface area contributed by atoms with Crippen LogP contribution in [0.4, 0.5) is 9.59 Å². The third-order valence-corrected chi connectivity index (χ3v) is 10.5. The second-order valence-electron chi connectivity index (χ2n) is 15.6. The van der Waals surface area contributed by atoms with Gasteiger partial charge in [0.15, 0.2) is 0 Å². The van der Waals surface area contributed by atoms with Gasteiger partial charge in [-0.3, -0.25) is 14.5 Å². The minimum Gasteiger partial charge on any atom is -0.444 e. The highest BCUT2D eigenvalue weighted by molar-refractivity contribution is 7.88. The van der Waals surface area contributed by atoms with Crippen LogP contribution in [0.3, 0.4) is 0 Å². The summed E-state index contributed by atoms with van der Waals surface area (Å²) >= 11 is 0. The molecule has 5 amide bonds. The van der Waals surface area contributed by atoms with Crippen molar-refractivity contribution in [1.82, 2.24) is 30.1 Å². The van der Waals surface area contributed by atoms with Crippen molar-refractivity contribution in [3.63, 3.8) is 0 Å². The van der Waals surface area contributed by atoms with Gasteiger partial charge < -0.3 is 35.6 Å². The minimum atomic E-state index is -3.54. The molecule has 0 unspecified atom stereocenters.